The van der Waals surface area contributed by atoms with Crippen molar-refractivity contribution in [2.75, 3.05) is 26.2 Å². The predicted octanol–water partition coefficient (Wildman–Crippen LogP) is 0.717. The summed E-state index contributed by atoms with van der Waals surface area (Å²) in [6.07, 6.45) is 0.566. The molecule has 19 heavy (non-hydrogen) atoms. The van der Waals surface area contributed by atoms with Crippen LogP contribution < -0.4 is 5.32 Å². The van der Waals surface area contributed by atoms with Crippen LogP contribution in [-0.2, 0) is 4.74 Å². The van der Waals surface area contributed by atoms with Crippen molar-refractivity contribution in [3.05, 3.63) is 0 Å². The maximum atomic E-state index is 11.4. The predicted molar refractivity (Wildman–Crippen MR) is 70.4 cm³/mol. The highest BCUT2D eigenvalue weighted by atomic mass is 16.5. The van der Waals surface area contributed by atoms with Crippen LogP contribution in [0.25, 0.3) is 0 Å². The number of aliphatic hydroxyl groups excluding tert-OH is 1. The number of piperidine rings is 1. The number of carbonyl (C=O) groups excluding carboxylic acids is 1. The monoisotopic (exact) mass is 269 g/mol. The van der Waals surface area contributed by atoms with E-state index in [1.165, 1.54) is 0 Å². The summed E-state index contributed by atoms with van der Waals surface area (Å²) in [6, 6.07) is 2.04. The summed E-state index contributed by atoms with van der Waals surface area (Å²) in [5, 5.41) is 21.6. The maximum Gasteiger partial charge on any atom is 0.407 e. The van der Waals surface area contributed by atoms with Gasteiger partial charge in [0.05, 0.1) is 25.3 Å². The van der Waals surface area contributed by atoms with Crippen molar-refractivity contribution >= 4 is 6.09 Å². The Morgan fingerprint density at radius 3 is 2.89 bits per heavy atom. The van der Waals surface area contributed by atoms with E-state index in [0.29, 0.717) is 32.7 Å². The summed E-state index contributed by atoms with van der Waals surface area (Å²) in [6.45, 7) is 5.66. The minimum Gasteiger partial charge on any atom is -0.450 e. The van der Waals surface area contributed by atoms with Gasteiger partial charge in [0.1, 0.15) is 0 Å². The van der Waals surface area contributed by atoms with E-state index in [2.05, 4.69) is 11.4 Å². The van der Waals surface area contributed by atoms with Gasteiger partial charge in [-0.3, -0.25) is 4.90 Å². The van der Waals surface area contributed by atoms with Crippen LogP contribution >= 0.6 is 0 Å². The fraction of sp³-hybridized carbons (Fsp3) is 0.846. The molecule has 1 heterocycles. The Bertz CT molecular complexity index is 330. The average molecular weight is 269 g/mol. The van der Waals surface area contributed by atoms with Gasteiger partial charge in [-0.05, 0) is 25.7 Å². The molecule has 0 aliphatic carbocycles. The van der Waals surface area contributed by atoms with E-state index in [0.717, 1.165) is 6.42 Å². The summed E-state index contributed by atoms with van der Waals surface area (Å²) in [4.78, 5) is 13.4. The molecule has 6 nitrogen and oxygen atoms in total. The van der Waals surface area contributed by atoms with Gasteiger partial charge in [0.25, 0.3) is 0 Å². The summed E-state index contributed by atoms with van der Waals surface area (Å²) in [5.74, 6) is 0.0824. The van der Waals surface area contributed by atoms with E-state index < -0.39 is 12.2 Å². The molecule has 1 rings (SSSR count). The van der Waals surface area contributed by atoms with E-state index in [4.69, 9.17) is 10.00 Å². The molecule has 3 unspecified atom stereocenters. The highest BCUT2D eigenvalue weighted by Crippen LogP contribution is 2.21. The third-order valence-corrected chi connectivity index (χ3v) is 3.41. The van der Waals surface area contributed by atoms with Gasteiger partial charge < -0.3 is 15.2 Å². The first-order chi connectivity index (χ1) is 9.10. The van der Waals surface area contributed by atoms with Crippen molar-refractivity contribution in [1.29, 1.82) is 5.26 Å². The molecule has 3 atom stereocenters. The fourth-order valence-electron chi connectivity index (χ4n) is 2.52. The number of likely N-dealkylation sites (tertiary alicyclic amines) is 1. The Labute approximate surface area is 114 Å². The lowest BCUT2D eigenvalue weighted by Gasteiger charge is -2.38. The molecule has 0 aromatic heterocycles. The molecule has 6 heteroatoms. The number of nitrogens with one attached hydrogen (secondary N) is 1. The van der Waals surface area contributed by atoms with Crippen molar-refractivity contribution in [1.82, 2.24) is 10.2 Å². The van der Waals surface area contributed by atoms with Crippen LogP contribution in [0.5, 0.6) is 0 Å². The smallest absolute Gasteiger partial charge is 0.407 e. The number of carbonyl (C=O) groups is 1. The second-order valence-corrected chi connectivity index (χ2v) is 4.89. The van der Waals surface area contributed by atoms with Crippen molar-refractivity contribution < 1.29 is 14.6 Å². The lowest BCUT2D eigenvalue weighted by atomic mass is 9.88. The van der Waals surface area contributed by atoms with Gasteiger partial charge in [0.15, 0.2) is 0 Å². The molecule has 2 N–H and O–H groups in total. The van der Waals surface area contributed by atoms with Crippen molar-refractivity contribution in [3.63, 3.8) is 0 Å². The third-order valence-electron chi connectivity index (χ3n) is 3.41. The summed E-state index contributed by atoms with van der Waals surface area (Å²) >= 11 is 0. The second kappa shape index (κ2) is 7.97. The number of aliphatic hydroxyl groups is 1. The highest BCUT2D eigenvalue weighted by molar-refractivity contribution is 5.67. The number of rotatable bonds is 5. The van der Waals surface area contributed by atoms with E-state index >= 15 is 0 Å². The Kier molecular flexibility index (Phi) is 6.60. The molecule has 0 bridgehead atoms. The van der Waals surface area contributed by atoms with E-state index in [9.17, 15) is 9.90 Å². The van der Waals surface area contributed by atoms with E-state index in [1.807, 2.05) is 11.8 Å². The molecule has 0 aromatic rings. The van der Waals surface area contributed by atoms with Crippen LogP contribution in [0.1, 0.15) is 26.7 Å². The molecule has 0 spiro atoms. The van der Waals surface area contributed by atoms with Crippen LogP contribution in [-0.4, -0.2) is 54.5 Å². The Morgan fingerprint density at radius 2 is 2.32 bits per heavy atom. The molecule has 1 aliphatic heterocycles. The Hall–Kier alpha value is -1.32. The Balaban J connectivity index is 2.59. The van der Waals surface area contributed by atoms with Gasteiger partial charge in [0.2, 0.25) is 0 Å². The zero-order chi connectivity index (χ0) is 14.3. The van der Waals surface area contributed by atoms with Crippen molar-refractivity contribution in [3.8, 4) is 6.07 Å². The number of hydrogen-bond acceptors (Lipinski definition) is 5. The summed E-state index contributed by atoms with van der Waals surface area (Å²) < 4.78 is 4.87. The maximum absolute atomic E-state index is 11.4. The SMILES string of the molecule is CCOC(=O)NC1CC(C(O)CC)CN(CC#N)C1. The first-order valence-electron chi connectivity index (χ1n) is 6.81. The lowest BCUT2D eigenvalue weighted by Crippen LogP contribution is -2.53. The van der Waals surface area contributed by atoms with Gasteiger partial charge in [-0.15, -0.1) is 0 Å². The number of nitriles is 1. The van der Waals surface area contributed by atoms with Crippen molar-refractivity contribution in [2.45, 2.75) is 38.8 Å². The number of amides is 1. The molecule has 108 valence electrons. The second-order valence-electron chi connectivity index (χ2n) is 4.89. The van der Waals surface area contributed by atoms with Crippen molar-refractivity contribution in [2.24, 2.45) is 5.92 Å². The molecule has 0 saturated carbocycles. The molecule has 1 aliphatic rings. The van der Waals surface area contributed by atoms with Crippen LogP contribution in [0.15, 0.2) is 0 Å². The number of ether oxygens (including phenoxy) is 1. The van der Waals surface area contributed by atoms with Gasteiger partial charge in [-0.2, -0.15) is 5.26 Å². The van der Waals surface area contributed by atoms with Crippen LogP contribution in [0.4, 0.5) is 4.79 Å². The summed E-state index contributed by atoms with van der Waals surface area (Å²) in [7, 11) is 0. The van der Waals surface area contributed by atoms with E-state index in [1.54, 1.807) is 6.92 Å². The first-order valence-corrected chi connectivity index (χ1v) is 6.81. The molecular formula is C13H23N3O3. The number of hydrogen-bond donors (Lipinski definition) is 2. The van der Waals surface area contributed by atoms with Gasteiger partial charge in [0, 0.05) is 19.1 Å². The third kappa shape index (κ3) is 5.05. The number of nitrogens with zero attached hydrogens (tertiary/aromatic N) is 2. The molecular weight excluding hydrogens is 246 g/mol. The largest absolute Gasteiger partial charge is 0.450 e. The van der Waals surface area contributed by atoms with E-state index in [-0.39, 0.29) is 12.0 Å². The topological polar surface area (TPSA) is 85.6 Å². The Morgan fingerprint density at radius 1 is 1.58 bits per heavy atom. The normalized spacial score (nSPS) is 25.4. The summed E-state index contributed by atoms with van der Waals surface area (Å²) in [5.41, 5.74) is 0. The fourth-order valence-corrected chi connectivity index (χ4v) is 2.52. The molecule has 0 aromatic carbocycles. The average Bonchev–Trinajstić information content (AvgIpc) is 2.38. The number of alkyl carbamates (subject to hydrolysis) is 1. The van der Waals surface area contributed by atoms with Crippen LogP contribution in [0.2, 0.25) is 0 Å². The molecule has 1 amide bonds. The van der Waals surface area contributed by atoms with Gasteiger partial charge in [-0.25, -0.2) is 4.79 Å². The highest BCUT2D eigenvalue weighted by Gasteiger charge is 2.31. The molecule has 1 fully saturated rings. The molecule has 1 saturated heterocycles. The van der Waals surface area contributed by atoms with Crippen LogP contribution in [0, 0.1) is 17.2 Å². The van der Waals surface area contributed by atoms with Gasteiger partial charge in [-0.1, -0.05) is 6.92 Å². The lowest BCUT2D eigenvalue weighted by molar-refractivity contribution is 0.0390. The zero-order valence-electron chi connectivity index (χ0n) is 11.6. The van der Waals surface area contributed by atoms with Gasteiger partial charge >= 0.3 is 6.09 Å². The minimum atomic E-state index is -0.434. The molecule has 0 radical (unpaired) electrons. The standard InChI is InChI=1S/C13H23N3O3/c1-3-12(17)10-7-11(15-13(18)19-4-2)9-16(8-10)6-5-14/h10-12,17H,3-4,6-9H2,1-2H3,(H,15,18). The minimum absolute atomic E-state index is 0.0765. The quantitative estimate of drug-likeness (QED) is 0.718. The van der Waals surface area contributed by atoms with Crippen LogP contribution in [0.3, 0.4) is 0 Å². The first kappa shape index (κ1) is 15.7. The zero-order valence-corrected chi connectivity index (χ0v) is 11.6.